The first-order valence-corrected chi connectivity index (χ1v) is 10.2. The number of rotatable bonds is 2. The Bertz CT molecular complexity index is 1170. The first-order chi connectivity index (χ1) is 14.5. The summed E-state index contributed by atoms with van der Waals surface area (Å²) in [6.07, 6.45) is 3.55. The lowest BCUT2D eigenvalue weighted by atomic mass is 9.78. The van der Waals surface area contributed by atoms with Gasteiger partial charge in [0.25, 0.3) is 11.5 Å². The Hall–Kier alpha value is -3.13. The maximum atomic E-state index is 13.1. The van der Waals surface area contributed by atoms with Crippen molar-refractivity contribution in [3.05, 3.63) is 63.2 Å². The number of amides is 1. The van der Waals surface area contributed by atoms with Gasteiger partial charge in [-0.05, 0) is 37.8 Å². The van der Waals surface area contributed by atoms with Crippen LogP contribution in [0.15, 0.2) is 35.3 Å². The van der Waals surface area contributed by atoms with Crippen LogP contribution in [0.25, 0.3) is 5.65 Å². The molecule has 0 aliphatic carbocycles. The predicted octanol–water partition coefficient (Wildman–Crippen LogP) is 2.04. The zero-order valence-electron chi connectivity index (χ0n) is 17.1. The predicted molar refractivity (Wildman–Crippen MR) is 110 cm³/mol. The smallest absolute Gasteiger partial charge is 0.285 e. The Kier molecular flexibility index (Phi) is 4.39. The Morgan fingerprint density at radius 3 is 2.87 bits per heavy atom. The van der Waals surface area contributed by atoms with Gasteiger partial charge in [0.05, 0.1) is 13.7 Å². The molecule has 2 aliphatic heterocycles. The van der Waals surface area contributed by atoms with Crippen molar-refractivity contribution in [1.29, 1.82) is 0 Å². The summed E-state index contributed by atoms with van der Waals surface area (Å²) in [7, 11) is 1.68. The van der Waals surface area contributed by atoms with Gasteiger partial charge in [-0.1, -0.05) is 12.1 Å². The number of aryl methyl sites for hydroxylation is 1. The van der Waals surface area contributed by atoms with E-state index in [-0.39, 0.29) is 17.0 Å². The van der Waals surface area contributed by atoms with Gasteiger partial charge in [-0.2, -0.15) is 0 Å². The molecule has 1 saturated heterocycles. The molecule has 8 nitrogen and oxygen atoms in total. The molecule has 0 bridgehead atoms. The van der Waals surface area contributed by atoms with E-state index in [9.17, 15) is 9.59 Å². The van der Waals surface area contributed by atoms with Crippen LogP contribution in [0.5, 0.6) is 5.75 Å². The van der Waals surface area contributed by atoms with E-state index < -0.39 is 5.60 Å². The van der Waals surface area contributed by atoms with Crippen molar-refractivity contribution < 1.29 is 14.3 Å². The number of likely N-dealkylation sites (tertiary alicyclic amines) is 1. The number of piperidine rings is 1. The summed E-state index contributed by atoms with van der Waals surface area (Å²) >= 11 is 0. The van der Waals surface area contributed by atoms with E-state index in [0.29, 0.717) is 38.2 Å². The van der Waals surface area contributed by atoms with E-state index in [0.717, 1.165) is 23.4 Å². The number of hydrogen-bond acceptors (Lipinski definition) is 5. The molecule has 1 N–H and O–H groups in total. The van der Waals surface area contributed by atoms with Crippen molar-refractivity contribution in [3.63, 3.8) is 0 Å². The fourth-order valence-electron chi connectivity index (χ4n) is 4.76. The molecular weight excluding hydrogens is 384 g/mol. The number of benzene rings is 1. The maximum absolute atomic E-state index is 13.1. The van der Waals surface area contributed by atoms with E-state index in [1.807, 2.05) is 19.1 Å². The van der Waals surface area contributed by atoms with Gasteiger partial charge in [0.1, 0.15) is 16.9 Å². The molecule has 1 fully saturated rings. The monoisotopic (exact) mass is 408 g/mol. The largest absolute Gasteiger partial charge is 0.496 e. The fraction of sp³-hybridized carbons (Fsp3) is 0.409. The number of ether oxygens (including phenoxy) is 2. The van der Waals surface area contributed by atoms with Gasteiger partial charge in [-0.3, -0.25) is 14.7 Å². The van der Waals surface area contributed by atoms with Crippen LogP contribution in [0.3, 0.4) is 0 Å². The summed E-state index contributed by atoms with van der Waals surface area (Å²) in [6, 6.07) is 7.87. The van der Waals surface area contributed by atoms with Gasteiger partial charge in [0, 0.05) is 36.6 Å². The lowest BCUT2D eigenvalue weighted by molar-refractivity contribution is -0.0946. The lowest BCUT2D eigenvalue weighted by Gasteiger charge is -2.45. The second kappa shape index (κ2) is 6.98. The van der Waals surface area contributed by atoms with Gasteiger partial charge < -0.3 is 14.4 Å². The Labute approximate surface area is 173 Å². The number of carbonyl (C=O) groups is 1. The van der Waals surface area contributed by atoms with Gasteiger partial charge in [0.15, 0.2) is 5.65 Å². The topological polar surface area (TPSA) is 88.9 Å². The molecule has 4 heterocycles. The highest BCUT2D eigenvalue weighted by Gasteiger charge is 2.44. The van der Waals surface area contributed by atoms with Crippen molar-refractivity contribution in [2.75, 3.05) is 26.8 Å². The molecule has 3 aromatic rings. The average molecular weight is 408 g/mol. The minimum absolute atomic E-state index is 0.0767. The van der Waals surface area contributed by atoms with Gasteiger partial charge in [0.2, 0.25) is 0 Å². The molecule has 2 aromatic heterocycles. The zero-order chi connectivity index (χ0) is 20.9. The van der Waals surface area contributed by atoms with Crippen LogP contribution in [-0.4, -0.2) is 52.2 Å². The summed E-state index contributed by atoms with van der Waals surface area (Å²) in [6.45, 7) is 3.50. The third kappa shape index (κ3) is 2.82. The van der Waals surface area contributed by atoms with Crippen LogP contribution in [0.1, 0.15) is 40.0 Å². The highest BCUT2D eigenvalue weighted by molar-refractivity contribution is 5.93. The van der Waals surface area contributed by atoms with Crippen LogP contribution < -0.4 is 10.3 Å². The van der Waals surface area contributed by atoms with Crippen molar-refractivity contribution in [2.45, 2.75) is 31.8 Å². The SMILES string of the molecule is COc1cccc2c1C1(CCN(C(=O)c3cnc4cc(C)[nH]n4c3=O)CC1)OCC2. The van der Waals surface area contributed by atoms with Crippen molar-refractivity contribution in [3.8, 4) is 5.75 Å². The second-order valence-electron chi connectivity index (χ2n) is 7.99. The quantitative estimate of drug-likeness (QED) is 0.701. The third-order valence-electron chi connectivity index (χ3n) is 6.25. The third-order valence-corrected chi connectivity index (χ3v) is 6.25. The Morgan fingerprint density at radius 2 is 2.10 bits per heavy atom. The van der Waals surface area contributed by atoms with Crippen LogP contribution in [-0.2, 0) is 16.8 Å². The first-order valence-electron chi connectivity index (χ1n) is 10.2. The molecule has 0 unspecified atom stereocenters. The van der Waals surface area contributed by atoms with Crippen LogP contribution >= 0.6 is 0 Å². The minimum Gasteiger partial charge on any atom is -0.496 e. The van der Waals surface area contributed by atoms with E-state index >= 15 is 0 Å². The number of nitrogens with zero attached hydrogens (tertiary/aromatic N) is 3. The number of carbonyl (C=O) groups excluding carboxylic acids is 1. The number of aromatic nitrogens is 3. The molecule has 5 rings (SSSR count). The van der Waals surface area contributed by atoms with E-state index in [4.69, 9.17) is 9.47 Å². The molecule has 0 saturated carbocycles. The molecule has 8 heteroatoms. The first kappa shape index (κ1) is 18.9. The van der Waals surface area contributed by atoms with Crippen molar-refractivity contribution >= 4 is 11.6 Å². The molecule has 0 radical (unpaired) electrons. The summed E-state index contributed by atoms with van der Waals surface area (Å²) in [5.41, 5.74) is 2.92. The maximum Gasteiger partial charge on any atom is 0.285 e. The minimum atomic E-state index is -0.454. The Balaban J connectivity index is 1.42. The number of methoxy groups -OCH3 is 1. The van der Waals surface area contributed by atoms with Crippen molar-refractivity contribution in [2.24, 2.45) is 0 Å². The lowest BCUT2D eigenvalue weighted by Crippen LogP contribution is -2.49. The standard InChI is InChI=1S/C22H24N4O4/c1-14-12-18-23-13-16(21(28)26(18)24-14)20(27)25-9-7-22(8-10-25)19-15(6-11-30-22)4-3-5-17(19)29-2/h3-5,12-13,24H,6-11H2,1-2H3. The van der Waals surface area contributed by atoms with E-state index in [1.54, 1.807) is 18.1 Å². The molecular formula is C22H24N4O4. The van der Waals surface area contributed by atoms with Crippen LogP contribution in [0.4, 0.5) is 0 Å². The molecule has 1 amide bonds. The van der Waals surface area contributed by atoms with E-state index in [2.05, 4.69) is 16.1 Å². The number of H-pyrrole nitrogens is 1. The second-order valence-corrected chi connectivity index (χ2v) is 7.99. The molecule has 1 aromatic carbocycles. The van der Waals surface area contributed by atoms with Crippen molar-refractivity contribution in [1.82, 2.24) is 19.5 Å². The summed E-state index contributed by atoms with van der Waals surface area (Å²) in [5.74, 6) is 0.544. The fourth-order valence-corrected chi connectivity index (χ4v) is 4.76. The molecule has 30 heavy (non-hydrogen) atoms. The number of fused-ring (bicyclic) bond motifs is 3. The number of nitrogens with one attached hydrogen (secondary N) is 1. The molecule has 1 spiro atoms. The summed E-state index contributed by atoms with van der Waals surface area (Å²) in [4.78, 5) is 31.9. The Morgan fingerprint density at radius 1 is 1.30 bits per heavy atom. The van der Waals surface area contributed by atoms with Gasteiger partial charge in [-0.15, -0.1) is 0 Å². The molecule has 156 valence electrons. The highest BCUT2D eigenvalue weighted by Crippen LogP contribution is 2.45. The van der Waals surface area contributed by atoms with E-state index in [1.165, 1.54) is 16.3 Å². The zero-order valence-corrected chi connectivity index (χ0v) is 17.1. The normalized spacial score (nSPS) is 17.9. The number of aromatic amines is 1. The highest BCUT2D eigenvalue weighted by atomic mass is 16.5. The van der Waals surface area contributed by atoms with Gasteiger partial charge in [-0.25, -0.2) is 9.50 Å². The molecule has 2 aliphatic rings. The average Bonchev–Trinajstić information content (AvgIpc) is 3.15. The molecule has 0 atom stereocenters. The summed E-state index contributed by atoms with van der Waals surface area (Å²) in [5, 5.41) is 2.93. The summed E-state index contributed by atoms with van der Waals surface area (Å²) < 4.78 is 13.2. The van der Waals surface area contributed by atoms with Crippen LogP contribution in [0, 0.1) is 6.92 Å². The van der Waals surface area contributed by atoms with Gasteiger partial charge >= 0.3 is 0 Å². The number of hydrogen-bond donors (Lipinski definition) is 1. The van der Waals surface area contributed by atoms with Crippen LogP contribution in [0.2, 0.25) is 0 Å².